The smallest absolute Gasteiger partial charge is 0.240 e. The van der Waals surface area contributed by atoms with Crippen molar-refractivity contribution >= 4 is 22.5 Å². The lowest BCUT2D eigenvalue weighted by Gasteiger charge is -2.08. The Kier molecular flexibility index (Phi) is 2.83. The molecule has 1 heterocycles. The SMILES string of the molecule is CC(N)C(=O)Nc1ccc2ncccc2c1. The summed E-state index contributed by atoms with van der Waals surface area (Å²) in [5, 5.41) is 3.73. The molecule has 1 aromatic carbocycles. The van der Waals surface area contributed by atoms with Crippen molar-refractivity contribution < 1.29 is 4.79 Å². The van der Waals surface area contributed by atoms with Gasteiger partial charge in [0.05, 0.1) is 11.6 Å². The number of nitrogens with zero attached hydrogens (tertiary/aromatic N) is 1. The highest BCUT2D eigenvalue weighted by molar-refractivity contribution is 5.96. The van der Waals surface area contributed by atoms with E-state index in [9.17, 15) is 4.79 Å². The number of rotatable bonds is 2. The molecule has 0 saturated heterocycles. The average Bonchev–Trinajstić information content (AvgIpc) is 2.28. The van der Waals surface area contributed by atoms with Crippen LogP contribution in [0.15, 0.2) is 36.5 Å². The lowest BCUT2D eigenvalue weighted by Crippen LogP contribution is -2.32. The van der Waals surface area contributed by atoms with Crippen LogP contribution in [0.2, 0.25) is 0 Å². The van der Waals surface area contributed by atoms with E-state index in [1.165, 1.54) is 0 Å². The molecular formula is C12H13N3O. The Balaban J connectivity index is 2.29. The maximum Gasteiger partial charge on any atom is 0.240 e. The van der Waals surface area contributed by atoms with Crippen molar-refractivity contribution in [2.75, 3.05) is 5.32 Å². The van der Waals surface area contributed by atoms with Gasteiger partial charge in [-0.2, -0.15) is 0 Å². The highest BCUT2D eigenvalue weighted by atomic mass is 16.2. The minimum atomic E-state index is -0.510. The van der Waals surface area contributed by atoms with Crippen molar-refractivity contribution in [3.8, 4) is 0 Å². The summed E-state index contributed by atoms with van der Waals surface area (Å²) in [6.45, 7) is 1.65. The number of hydrogen-bond acceptors (Lipinski definition) is 3. The minimum absolute atomic E-state index is 0.191. The number of aromatic nitrogens is 1. The number of pyridine rings is 1. The second-order valence-corrected chi connectivity index (χ2v) is 3.69. The number of hydrogen-bond donors (Lipinski definition) is 2. The quantitative estimate of drug-likeness (QED) is 0.798. The number of nitrogens with one attached hydrogen (secondary N) is 1. The number of carbonyl (C=O) groups is 1. The van der Waals surface area contributed by atoms with Gasteiger partial charge in [-0.05, 0) is 31.2 Å². The van der Waals surface area contributed by atoms with Gasteiger partial charge in [-0.3, -0.25) is 9.78 Å². The van der Waals surface area contributed by atoms with Crippen molar-refractivity contribution in [1.29, 1.82) is 0 Å². The summed E-state index contributed by atoms with van der Waals surface area (Å²) >= 11 is 0. The molecule has 0 aliphatic heterocycles. The van der Waals surface area contributed by atoms with Crippen LogP contribution in [-0.2, 0) is 4.79 Å². The lowest BCUT2D eigenvalue weighted by atomic mass is 10.2. The van der Waals surface area contributed by atoms with Gasteiger partial charge in [0.1, 0.15) is 0 Å². The molecule has 1 aromatic heterocycles. The highest BCUT2D eigenvalue weighted by Gasteiger charge is 2.07. The Bertz CT molecular complexity index is 522. The summed E-state index contributed by atoms with van der Waals surface area (Å²) in [6.07, 6.45) is 1.74. The number of benzene rings is 1. The summed E-state index contributed by atoms with van der Waals surface area (Å²) < 4.78 is 0. The van der Waals surface area contributed by atoms with Crippen LogP contribution >= 0.6 is 0 Å². The molecule has 2 aromatic rings. The number of carbonyl (C=O) groups excluding carboxylic acids is 1. The first-order valence-electron chi connectivity index (χ1n) is 5.08. The third-order valence-electron chi connectivity index (χ3n) is 2.28. The monoisotopic (exact) mass is 215 g/mol. The van der Waals surface area contributed by atoms with E-state index < -0.39 is 6.04 Å². The zero-order chi connectivity index (χ0) is 11.5. The Morgan fingerprint density at radius 2 is 2.25 bits per heavy atom. The van der Waals surface area contributed by atoms with Crippen LogP contribution in [0, 0.1) is 0 Å². The zero-order valence-corrected chi connectivity index (χ0v) is 8.97. The summed E-state index contributed by atoms with van der Waals surface area (Å²) in [5.74, 6) is -0.191. The third-order valence-corrected chi connectivity index (χ3v) is 2.28. The molecule has 4 nitrogen and oxygen atoms in total. The molecule has 0 aliphatic rings. The molecule has 4 heteroatoms. The molecule has 0 bridgehead atoms. The van der Waals surface area contributed by atoms with Crippen molar-refractivity contribution in [1.82, 2.24) is 4.98 Å². The molecule has 16 heavy (non-hydrogen) atoms. The minimum Gasteiger partial charge on any atom is -0.325 e. The largest absolute Gasteiger partial charge is 0.325 e. The summed E-state index contributed by atoms with van der Waals surface area (Å²) in [5.41, 5.74) is 7.11. The highest BCUT2D eigenvalue weighted by Crippen LogP contribution is 2.16. The molecule has 2 rings (SSSR count). The number of amides is 1. The Labute approximate surface area is 93.5 Å². The summed E-state index contributed by atoms with van der Waals surface area (Å²) in [4.78, 5) is 15.6. The van der Waals surface area contributed by atoms with E-state index in [0.717, 1.165) is 16.6 Å². The first kappa shape index (κ1) is 10.6. The molecule has 0 aliphatic carbocycles. The van der Waals surface area contributed by atoms with Gasteiger partial charge in [-0.1, -0.05) is 6.07 Å². The van der Waals surface area contributed by atoms with Crippen LogP contribution in [0.1, 0.15) is 6.92 Å². The topological polar surface area (TPSA) is 68.0 Å². The van der Waals surface area contributed by atoms with E-state index in [1.54, 1.807) is 13.1 Å². The zero-order valence-electron chi connectivity index (χ0n) is 8.97. The fourth-order valence-corrected chi connectivity index (χ4v) is 1.41. The Morgan fingerprint density at radius 3 is 3.00 bits per heavy atom. The van der Waals surface area contributed by atoms with Crippen LogP contribution in [0.3, 0.4) is 0 Å². The average molecular weight is 215 g/mol. The van der Waals surface area contributed by atoms with Crippen LogP contribution in [0.25, 0.3) is 10.9 Å². The van der Waals surface area contributed by atoms with Crippen LogP contribution < -0.4 is 11.1 Å². The molecule has 82 valence electrons. The van der Waals surface area contributed by atoms with Crippen molar-refractivity contribution in [2.45, 2.75) is 13.0 Å². The van der Waals surface area contributed by atoms with E-state index >= 15 is 0 Å². The molecule has 1 atom stereocenters. The summed E-state index contributed by atoms with van der Waals surface area (Å²) in [6, 6.07) is 8.86. The van der Waals surface area contributed by atoms with Gasteiger partial charge in [0, 0.05) is 17.3 Å². The molecule has 1 amide bonds. The second-order valence-electron chi connectivity index (χ2n) is 3.69. The molecule has 0 radical (unpaired) electrons. The Morgan fingerprint density at radius 1 is 1.44 bits per heavy atom. The standard InChI is InChI=1S/C12H13N3O/c1-8(13)12(16)15-10-4-5-11-9(7-10)3-2-6-14-11/h2-8H,13H2,1H3,(H,15,16). The van der Waals surface area contributed by atoms with Gasteiger partial charge in [0.2, 0.25) is 5.91 Å². The normalized spacial score (nSPS) is 12.4. The van der Waals surface area contributed by atoms with Crippen molar-refractivity contribution in [3.63, 3.8) is 0 Å². The lowest BCUT2D eigenvalue weighted by molar-refractivity contribution is -0.117. The van der Waals surface area contributed by atoms with E-state index in [4.69, 9.17) is 5.73 Å². The molecule has 1 unspecified atom stereocenters. The Hall–Kier alpha value is -1.94. The third kappa shape index (κ3) is 2.17. The van der Waals surface area contributed by atoms with Gasteiger partial charge in [-0.25, -0.2) is 0 Å². The van der Waals surface area contributed by atoms with Crippen LogP contribution in [-0.4, -0.2) is 16.9 Å². The van der Waals surface area contributed by atoms with Crippen molar-refractivity contribution in [3.05, 3.63) is 36.5 Å². The fraction of sp³-hybridized carbons (Fsp3) is 0.167. The first-order valence-corrected chi connectivity index (χ1v) is 5.08. The van der Waals surface area contributed by atoms with Crippen molar-refractivity contribution in [2.24, 2.45) is 5.73 Å². The van der Waals surface area contributed by atoms with Crippen LogP contribution in [0.4, 0.5) is 5.69 Å². The van der Waals surface area contributed by atoms with Gasteiger partial charge < -0.3 is 11.1 Å². The number of fused-ring (bicyclic) bond motifs is 1. The van der Waals surface area contributed by atoms with E-state index in [-0.39, 0.29) is 5.91 Å². The predicted octanol–water partition coefficient (Wildman–Crippen LogP) is 1.52. The maximum atomic E-state index is 11.4. The van der Waals surface area contributed by atoms with E-state index in [1.807, 2.05) is 30.3 Å². The molecule has 0 spiro atoms. The van der Waals surface area contributed by atoms with Gasteiger partial charge >= 0.3 is 0 Å². The second kappa shape index (κ2) is 4.28. The van der Waals surface area contributed by atoms with Gasteiger partial charge in [-0.15, -0.1) is 0 Å². The number of nitrogens with two attached hydrogens (primary N) is 1. The molecule has 3 N–H and O–H groups in total. The van der Waals surface area contributed by atoms with Gasteiger partial charge in [0.25, 0.3) is 0 Å². The summed E-state index contributed by atoms with van der Waals surface area (Å²) in [7, 11) is 0. The molecular weight excluding hydrogens is 202 g/mol. The van der Waals surface area contributed by atoms with Crippen LogP contribution in [0.5, 0.6) is 0 Å². The molecule has 0 saturated carbocycles. The maximum absolute atomic E-state index is 11.4. The fourth-order valence-electron chi connectivity index (χ4n) is 1.41. The number of anilines is 1. The van der Waals surface area contributed by atoms with E-state index in [2.05, 4.69) is 10.3 Å². The van der Waals surface area contributed by atoms with E-state index in [0.29, 0.717) is 0 Å². The molecule has 0 fully saturated rings. The first-order chi connectivity index (χ1) is 7.66. The predicted molar refractivity (Wildman–Crippen MR) is 64.0 cm³/mol. The van der Waals surface area contributed by atoms with Gasteiger partial charge in [0.15, 0.2) is 0 Å².